The van der Waals surface area contributed by atoms with E-state index in [4.69, 9.17) is 4.65 Å². The van der Waals surface area contributed by atoms with E-state index in [-0.39, 0.29) is 38.2 Å². The molecule has 2 aromatic heterocycles. The summed E-state index contributed by atoms with van der Waals surface area (Å²) in [5.74, 6) is -0.855. The number of phenols is 1. The van der Waals surface area contributed by atoms with E-state index < -0.39 is 11.8 Å². The molecule has 7 nitrogen and oxygen atoms in total. The molecule has 9 heteroatoms. The first-order chi connectivity index (χ1) is 12.6. The summed E-state index contributed by atoms with van der Waals surface area (Å²) in [7, 11) is 0. The van der Waals surface area contributed by atoms with E-state index in [1.54, 1.807) is 24.4 Å². The monoisotopic (exact) mass is 525 g/mol. The van der Waals surface area contributed by atoms with Crippen LogP contribution in [-0.4, -0.2) is 21.9 Å². The molecule has 5 rings (SSSR count). The van der Waals surface area contributed by atoms with Gasteiger partial charge in [0.1, 0.15) is 5.75 Å². The number of nitrogens with one attached hydrogen (secondary N) is 1. The summed E-state index contributed by atoms with van der Waals surface area (Å²) in [4.78, 5) is 33.6. The molecule has 28 heavy (non-hydrogen) atoms. The molecule has 0 saturated heterocycles. The van der Waals surface area contributed by atoms with Gasteiger partial charge in [0.2, 0.25) is 0 Å². The van der Waals surface area contributed by atoms with Crippen molar-refractivity contribution in [3.05, 3.63) is 60.1 Å². The van der Waals surface area contributed by atoms with E-state index in [1.165, 1.54) is 6.07 Å². The summed E-state index contributed by atoms with van der Waals surface area (Å²) in [6.45, 7) is 4.50. The van der Waals surface area contributed by atoms with Gasteiger partial charge in [0.25, 0.3) is 11.8 Å². The molecule has 1 aliphatic rings. The van der Waals surface area contributed by atoms with Crippen LogP contribution in [0.2, 0.25) is 0 Å². The molecule has 0 unspecified atom stereocenters. The van der Waals surface area contributed by atoms with Crippen molar-refractivity contribution >= 4 is 60.5 Å². The van der Waals surface area contributed by atoms with Crippen molar-refractivity contribution in [3.8, 4) is 5.75 Å². The Balaban J connectivity index is 0.000000680. The van der Waals surface area contributed by atoms with Gasteiger partial charge in [0, 0.05) is 16.1 Å². The van der Waals surface area contributed by atoms with Gasteiger partial charge < -0.3 is 17.5 Å². The summed E-state index contributed by atoms with van der Waals surface area (Å²) in [5.41, 5.74) is 2.30. The van der Waals surface area contributed by atoms with Crippen LogP contribution in [0.5, 0.6) is 5.75 Å². The average Bonchev–Trinajstić information content (AvgIpc) is 3.15. The number of imide groups is 1. The Morgan fingerprint density at radius 3 is 2.50 bits per heavy atom. The first-order valence-corrected chi connectivity index (χ1v) is 8.11. The third-order valence-electron chi connectivity index (χ3n) is 4.26. The number of pyridine rings is 1. The second-order valence-electron chi connectivity index (χ2n) is 5.59. The number of carbonyl (C=O) groups excluding carboxylic acids is 2. The zero-order valence-electron chi connectivity index (χ0n) is 14.2. The first-order valence-electron chi connectivity index (χ1n) is 7.31. The number of amides is 2. The van der Waals surface area contributed by atoms with E-state index in [0.717, 1.165) is 0 Å². The summed E-state index contributed by atoms with van der Waals surface area (Å²) >= 11 is 3.39. The first kappa shape index (κ1) is 21.7. The Bertz CT molecular complexity index is 1300. The Morgan fingerprint density at radius 2 is 1.79 bits per heavy atom. The SMILES string of the molecule is O=C1NC(=O)c2c1c1cccnc1c1[n-]c3c(Br)cc(O)cc3c21.[C-]#[O+].[CH3-].[Ru+2]. The fourth-order valence-corrected chi connectivity index (χ4v) is 3.89. The number of hydrogen-bond donors (Lipinski definition) is 2. The van der Waals surface area contributed by atoms with Crippen LogP contribution in [0.3, 0.4) is 0 Å². The number of benzene rings is 2. The number of halogens is 1. The van der Waals surface area contributed by atoms with Crippen molar-refractivity contribution in [1.29, 1.82) is 0 Å². The molecule has 0 spiro atoms. The van der Waals surface area contributed by atoms with E-state index in [9.17, 15) is 14.7 Å². The van der Waals surface area contributed by atoms with Crippen molar-refractivity contribution in [2.75, 3.05) is 0 Å². The minimum absolute atomic E-state index is 0. The normalized spacial score (nSPS) is 12.0. The van der Waals surface area contributed by atoms with E-state index in [2.05, 4.69) is 37.9 Å². The minimum atomic E-state index is -0.459. The summed E-state index contributed by atoms with van der Waals surface area (Å²) in [6, 6.07) is 6.55. The third-order valence-corrected chi connectivity index (χ3v) is 4.86. The molecular weight excluding hydrogens is 515 g/mol. The van der Waals surface area contributed by atoms with Crippen molar-refractivity contribution < 1.29 is 38.8 Å². The molecule has 2 N–H and O–H groups in total. The fourth-order valence-electron chi connectivity index (χ4n) is 3.36. The third kappa shape index (κ3) is 2.84. The van der Waals surface area contributed by atoms with Crippen molar-refractivity contribution in [3.63, 3.8) is 0 Å². The van der Waals surface area contributed by atoms with Crippen LogP contribution < -0.4 is 10.3 Å². The molecule has 2 amide bonds. The second kappa shape index (κ2) is 7.82. The molecule has 2 aromatic carbocycles. The second-order valence-corrected chi connectivity index (χ2v) is 6.45. The number of fused-ring (bicyclic) bond motifs is 8. The van der Waals surface area contributed by atoms with Crippen LogP contribution in [-0.2, 0) is 24.1 Å². The van der Waals surface area contributed by atoms with E-state index in [0.29, 0.717) is 42.7 Å². The Kier molecular flexibility index (Phi) is 6.07. The van der Waals surface area contributed by atoms with Gasteiger partial charge in [-0.2, -0.15) is 0 Å². The van der Waals surface area contributed by atoms with Gasteiger partial charge in [-0.3, -0.25) is 19.9 Å². The largest absolute Gasteiger partial charge is 2.00 e. The topological polar surface area (TPSA) is 113 Å². The maximum Gasteiger partial charge on any atom is 2.00 e. The number of nitrogens with zero attached hydrogens (tertiary/aromatic N) is 2. The van der Waals surface area contributed by atoms with Crippen LogP contribution in [0, 0.1) is 14.1 Å². The maximum atomic E-state index is 12.4. The molecule has 140 valence electrons. The van der Waals surface area contributed by atoms with Crippen LogP contribution in [0.1, 0.15) is 20.7 Å². The van der Waals surface area contributed by atoms with E-state index >= 15 is 0 Å². The van der Waals surface area contributed by atoms with Crippen LogP contribution >= 0.6 is 15.9 Å². The Hall–Kier alpha value is -2.57. The molecule has 0 bridgehead atoms. The van der Waals surface area contributed by atoms with Crippen LogP contribution in [0.25, 0.3) is 32.7 Å². The number of aromatic nitrogens is 2. The van der Waals surface area contributed by atoms with Gasteiger partial charge in [-0.05, 0) is 29.0 Å². The summed E-state index contributed by atoms with van der Waals surface area (Å²) in [5, 5.41) is 14.0. The van der Waals surface area contributed by atoms with Gasteiger partial charge in [-0.1, -0.05) is 22.0 Å². The van der Waals surface area contributed by atoms with Crippen molar-refractivity contribution in [2.45, 2.75) is 0 Å². The minimum Gasteiger partial charge on any atom is -0.358 e. The maximum absolute atomic E-state index is 12.4. The molecular formula is C19H10BrN3O4Ru. The van der Waals surface area contributed by atoms with Gasteiger partial charge in [-0.15, -0.1) is 11.0 Å². The predicted molar refractivity (Wildman–Crippen MR) is 102 cm³/mol. The van der Waals surface area contributed by atoms with Crippen molar-refractivity contribution in [1.82, 2.24) is 15.3 Å². The number of aromatic hydroxyl groups is 1. The molecule has 0 radical (unpaired) electrons. The smallest absolute Gasteiger partial charge is 0.358 e. The predicted octanol–water partition coefficient (Wildman–Crippen LogP) is 3.26. The van der Waals surface area contributed by atoms with Crippen LogP contribution in [0.4, 0.5) is 0 Å². The van der Waals surface area contributed by atoms with Gasteiger partial charge in [0.05, 0.1) is 16.6 Å². The van der Waals surface area contributed by atoms with Gasteiger partial charge in [-0.25, -0.2) is 0 Å². The molecule has 3 heterocycles. The molecule has 0 aliphatic carbocycles. The molecule has 1 aliphatic heterocycles. The average molecular weight is 525 g/mol. The van der Waals surface area contributed by atoms with Crippen molar-refractivity contribution in [2.24, 2.45) is 0 Å². The zero-order chi connectivity index (χ0) is 18.6. The zero-order valence-corrected chi connectivity index (χ0v) is 17.5. The Labute approximate surface area is 180 Å². The Morgan fingerprint density at radius 1 is 1.11 bits per heavy atom. The summed E-state index contributed by atoms with van der Waals surface area (Å²) < 4.78 is 8.11. The quantitative estimate of drug-likeness (QED) is 0.158. The van der Waals surface area contributed by atoms with E-state index in [1.807, 2.05) is 0 Å². The molecule has 0 fully saturated rings. The van der Waals surface area contributed by atoms with Gasteiger partial charge >= 0.3 is 30.8 Å². The number of carbonyl (C=O) groups is 2. The number of hydrogen-bond acceptors (Lipinski definition) is 4. The van der Waals surface area contributed by atoms with Crippen LogP contribution in [0.15, 0.2) is 34.9 Å². The standard InChI is InChI=1S/C17H8BrN3O3.CO.CH3.Ru/c18-9-5-6(22)4-8-10-12-11(16(23)21-17(12)24)7-2-1-3-19-14(7)15(10)20-13(8)9;1-2;;/h1-5H,(H3,19,20,21,22,23,24);;1H3;/q;;-1;+2/p-1. The molecule has 0 atom stereocenters. The molecule has 4 aromatic rings. The molecule has 0 saturated carbocycles. The fraction of sp³-hybridized carbons (Fsp3) is 0. The number of rotatable bonds is 0. The number of phenolic OH excluding ortho intramolecular Hbond substituents is 1. The summed E-state index contributed by atoms with van der Waals surface area (Å²) in [6.07, 6.45) is 1.62. The van der Waals surface area contributed by atoms with Gasteiger partial charge in [0.15, 0.2) is 0 Å².